The van der Waals surface area contributed by atoms with E-state index in [1.165, 1.54) is 12.1 Å². The molecule has 0 fully saturated rings. The van der Waals surface area contributed by atoms with Crippen molar-refractivity contribution in [3.05, 3.63) is 71.3 Å². The van der Waals surface area contributed by atoms with E-state index in [0.717, 1.165) is 0 Å². The number of ether oxygens (including phenoxy) is 2. The van der Waals surface area contributed by atoms with E-state index in [4.69, 9.17) is 9.47 Å². The van der Waals surface area contributed by atoms with Crippen LogP contribution in [0.3, 0.4) is 0 Å². The van der Waals surface area contributed by atoms with E-state index in [-0.39, 0.29) is 40.4 Å². The molecule has 0 atom stereocenters. The highest BCUT2D eigenvalue weighted by atomic mass is 16.6. The summed E-state index contributed by atoms with van der Waals surface area (Å²) < 4.78 is 10.4. The summed E-state index contributed by atoms with van der Waals surface area (Å²) in [6.07, 6.45) is -0.294. The smallest absolute Gasteiger partial charge is 0.339 e. The number of aliphatic hydroxyl groups is 1. The number of carbonyl (C=O) groups is 3. The van der Waals surface area contributed by atoms with Crippen molar-refractivity contribution in [1.29, 1.82) is 0 Å². The van der Waals surface area contributed by atoms with Gasteiger partial charge in [0.15, 0.2) is 17.3 Å². The molecule has 1 heterocycles. The number of ketones is 1. The van der Waals surface area contributed by atoms with Gasteiger partial charge >= 0.3 is 11.9 Å². The van der Waals surface area contributed by atoms with Gasteiger partial charge in [0, 0.05) is 22.3 Å². The Kier molecular flexibility index (Phi) is 4.45. The SMILES string of the molecule is C=C1CC(=O)Oc2ccc(C(=O)c3ccccc3)c(CO)c2OC1=O. The number of carbonyl (C=O) groups excluding carboxylic acids is 3. The first kappa shape index (κ1) is 16.6. The number of hydrogen-bond donors (Lipinski definition) is 1. The first-order valence-electron chi connectivity index (χ1n) is 7.48. The molecule has 25 heavy (non-hydrogen) atoms. The molecule has 0 amide bonds. The molecule has 0 aromatic heterocycles. The lowest BCUT2D eigenvalue weighted by atomic mass is 9.97. The molecule has 0 saturated heterocycles. The lowest BCUT2D eigenvalue weighted by Crippen LogP contribution is -2.22. The average Bonchev–Trinajstić information content (AvgIpc) is 2.61. The van der Waals surface area contributed by atoms with Crippen molar-refractivity contribution >= 4 is 17.7 Å². The summed E-state index contributed by atoms with van der Waals surface area (Å²) in [5, 5.41) is 9.74. The highest BCUT2D eigenvalue weighted by Gasteiger charge is 2.27. The molecular formula is C19H14O6. The second kappa shape index (κ2) is 6.70. The maximum atomic E-state index is 12.7. The van der Waals surface area contributed by atoms with Crippen LogP contribution in [0.15, 0.2) is 54.6 Å². The van der Waals surface area contributed by atoms with Crippen LogP contribution < -0.4 is 9.47 Å². The number of aliphatic hydroxyl groups excluding tert-OH is 1. The van der Waals surface area contributed by atoms with Gasteiger partial charge in [0.25, 0.3) is 0 Å². The first-order valence-corrected chi connectivity index (χ1v) is 7.48. The summed E-state index contributed by atoms with van der Waals surface area (Å²) in [7, 11) is 0. The summed E-state index contributed by atoms with van der Waals surface area (Å²) in [6, 6.07) is 11.3. The van der Waals surface area contributed by atoms with Gasteiger partial charge in [0.2, 0.25) is 0 Å². The standard InChI is InChI=1S/C19H14O6/c1-11-9-16(21)24-15-8-7-13(14(10-20)18(15)25-19(11)23)17(22)12-5-3-2-4-6-12/h2-8,20H,1,9-10H2. The van der Waals surface area contributed by atoms with Gasteiger partial charge in [-0.3, -0.25) is 9.59 Å². The van der Waals surface area contributed by atoms with E-state index in [1.807, 2.05) is 0 Å². The molecule has 1 aliphatic heterocycles. The van der Waals surface area contributed by atoms with E-state index >= 15 is 0 Å². The van der Waals surface area contributed by atoms with Crippen molar-refractivity contribution in [3.8, 4) is 11.5 Å². The molecule has 0 saturated carbocycles. The quantitative estimate of drug-likeness (QED) is 0.399. The van der Waals surface area contributed by atoms with E-state index in [1.54, 1.807) is 30.3 Å². The largest absolute Gasteiger partial charge is 0.422 e. The second-order valence-electron chi connectivity index (χ2n) is 5.42. The highest BCUT2D eigenvalue weighted by molar-refractivity contribution is 6.10. The molecular weight excluding hydrogens is 324 g/mol. The van der Waals surface area contributed by atoms with Crippen LogP contribution in [-0.4, -0.2) is 22.8 Å². The van der Waals surface area contributed by atoms with Gasteiger partial charge in [-0.05, 0) is 12.1 Å². The third kappa shape index (κ3) is 3.20. The molecule has 2 aromatic carbocycles. The average molecular weight is 338 g/mol. The Bertz CT molecular complexity index is 882. The molecule has 0 unspecified atom stereocenters. The monoisotopic (exact) mass is 338 g/mol. The van der Waals surface area contributed by atoms with Crippen LogP contribution in [0.2, 0.25) is 0 Å². The van der Waals surface area contributed by atoms with Crippen molar-refractivity contribution in [1.82, 2.24) is 0 Å². The third-order valence-corrected chi connectivity index (χ3v) is 3.73. The predicted molar refractivity (Wildman–Crippen MR) is 87.3 cm³/mol. The van der Waals surface area contributed by atoms with Crippen LogP contribution in [-0.2, 0) is 16.2 Å². The Balaban J connectivity index is 2.13. The number of fused-ring (bicyclic) bond motifs is 1. The minimum atomic E-state index is -0.808. The van der Waals surface area contributed by atoms with Crippen LogP contribution in [0.5, 0.6) is 11.5 Å². The second-order valence-corrected chi connectivity index (χ2v) is 5.42. The summed E-state index contributed by atoms with van der Waals surface area (Å²) in [5.41, 5.74) is 0.569. The molecule has 0 bridgehead atoms. The molecule has 6 heteroatoms. The fourth-order valence-electron chi connectivity index (χ4n) is 2.48. The van der Waals surface area contributed by atoms with Crippen molar-refractivity contribution in [3.63, 3.8) is 0 Å². The molecule has 126 valence electrons. The lowest BCUT2D eigenvalue weighted by Gasteiger charge is -2.19. The van der Waals surface area contributed by atoms with Gasteiger partial charge in [-0.15, -0.1) is 0 Å². The number of benzene rings is 2. The Morgan fingerprint density at radius 3 is 2.48 bits per heavy atom. The zero-order valence-electron chi connectivity index (χ0n) is 13.2. The first-order chi connectivity index (χ1) is 12.0. The molecule has 3 rings (SSSR count). The van der Waals surface area contributed by atoms with Crippen LogP contribution in [0, 0.1) is 0 Å². The molecule has 1 N–H and O–H groups in total. The zero-order valence-corrected chi connectivity index (χ0v) is 13.2. The van der Waals surface area contributed by atoms with Crippen molar-refractivity contribution in [2.75, 3.05) is 0 Å². The van der Waals surface area contributed by atoms with Crippen LogP contribution in [0.25, 0.3) is 0 Å². The van der Waals surface area contributed by atoms with Crippen LogP contribution in [0.4, 0.5) is 0 Å². The fraction of sp³-hybridized carbons (Fsp3) is 0.105. The van der Waals surface area contributed by atoms with E-state index in [2.05, 4.69) is 6.58 Å². The normalized spacial score (nSPS) is 14.0. The maximum Gasteiger partial charge on any atom is 0.339 e. The van der Waals surface area contributed by atoms with Crippen molar-refractivity contribution in [2.24, 2.45) is 0 Å². The highest BCUT2D eigenvalue weighted by Crippen LogP contribution is 2.37. The minimum Gasteiger partial charge on any atom is -0.422 e. The van der Waals surface area contributed by atoms with Gasteiger partial charge in [0.05, 0.1) is 13.0 Å². The summed E-state index contributed by atoms with van der Waals surface area (Å²) in [4.78, 5) is 36.5. The Morgan fingerprint density at radius 1 is 1.08 bits per heavy atom. The van der Waals surface area contributed by atoms with Gasteiger partial charge in [0.1, 0.15) is 0 Å². The third-order valence-electron chi connectivity index (χ3n) is 3.73. The molecule has 2 aromatic rings. The zero-order chi connectivity index (χ0) is 18.0. The molecule has 6 nitrogen and oxygen atoms in total. The minimum absolute atomic E-state index is 0.0282. The van der Waals surface area contributed by atoms with E-state index in [9.17, 15) is 19.5 Å². The molecule has 1 aliphatic rings. The Hall–Kier alpha value is -3.25. The molecule has 0 radical (unpaired) electrons. The van der Waals surface area contributed by atoms with E-state index in [0.29, 0.717) is 5.56 Å². The molecule has 0 aliphatic carbocycles. The van der Waals surface area contributed by atoms with Gasteiger partial charge in [-0.25, -0.2) is 4.79 Å². The summed E-state index contributed by atoms with van der Waals surface area (Å²) in [5.74, 6) is -2.01. The molecule has 0 spiro atoms. The fourth-order valence-corrected chi connectivity index (χ4v) is 2.48. The number of hydrogen-bond acceptors (Lipinski definition) is 6. The predicted octanol–water partition coefficient (Wildman–Crippen LogP) is 2.18. The lowest BCUT2D eigenvalue weighted by molar-refractivity contribution is -0.138. The summed E-state index contributed by atoms with van der Waals surface area (Å²) >= 11 is 0. The van der Waals surface area contributed by atoms with Crippen LogP contribution >= 0.6 is 0 Å². The van der Waals surface area contributed by atoms with Crippen molar-refractivity contribution in [2.45, 2.75) is 13.0 Å². The van der Waals surface area contributed by atoms with Gasteiger partial charge in [-0.1, -0.05) is 36.9 Å². The number of esters is 2. The van der Waals surface area contributed by atoms with Gasteiger partial charge < -0.3 is 14.6 Å². The Labute approximate surface area is 143 Å². The van der Waals surface area contributed by atoms with Gasteiger partial charge in [-0.2, -0.15) is 0 Å². The topological polar surface area (TPSA) is 89.9 Å². The summed E-state index contributed by atoms with van der Waals surface area (Å²) in [6.45, 7) is 2.90. The maximum absolute atomic E-state index is 12.7. The Morgan fingerprint density at radius 2 is 1.80 bits per heavy atom. The number of rotatable bonds is 3. The van der Waals surface area contributed by atoms with Crippen LogP contribution in [0.1, 0.15) is 27.9 Å². The van der Waals surface area contributed by atoms with Crippen molar-refractivity contribution < 1.29 is 29.0 Å². The van der Waals surface area contributed by atoms with E-state index < -0.39 is 18.5 Å².